The fourth-order valence-electron chi connectivity index (χ4n) is 2.90. The lowest BCUT2D eigenvalue weighted by molar-refractivity contribution is 0.127. The van der Waals surface area contributed by atoms with E-state index in [-0.39, 0.29) is 0 Å². The Bertz CT molecular complexity index is 242. The average Bonchev–Trinajstić information content (AvgIpc) is 2.27. The minimum Gasteiger partial charge on any atom is -0.309 e. The first-order chi connectivity index (χ1) is 7.50. The predicted molar refractivity (Wildman–Crippen MR) is 72.7 cm³/mol. The van der Waals surface area contributed by atoms with Gasteiger partial charge in [-0.1, -0.05) is 25.5 Å². The molecule has 0 amide bonds. The molecule has 1 heteroatoms. The molecule has 0 spiro atoms. The topological polar surface area (TPSA) is 3.24 Å². The first kappa shape index (κ1) is 13.8. The van der Waals surface area contributed by atoms with Gasteiger partial charge in [-0.25, -0.2) is 0 Å². The monoisotopic (exact) mass is 223 g/mol. The highest BCUT2D eigenvalue weighted by Gasteiger charge is 2.34. The Morgan fingerprint density at radius 2 is 2.12 bits per heavy atom. The first-order valence-corrected chi connectivity index (χ1v) is 6.80. The van der Waals surface area contributed by atoms with Crippen molar-refractivity contribution in [3.05, 3.63) is 11.6 Å². The zero-order valence-corrected chi connectivity index (χ0v) is 11.8. The molecule has 16 heavy (non-hydrogen) atoms. The van der Waals surface area contributed by atoms with Crippen LogP contribution in [-0.4, -0.2) is 25.5 Å². The van der Waals surface area contributed by atoms with Gasteiger partial charge in [-0.3, -0.25) is 0 Å². The molecule has 0 aliphatic heterocycles. The van der Waals surface area contributed by atoms with Crippen molar-refractivity contribution < 1.29 is 0 Å². The van der Waals surface area contributed by atoms with Crippen molar-refractivity contribution in [2.24, 2.45) is 11.3 Å². The molecule has 0 saturated carbocycles. The SMILES string of the molecule is CCC1(C(C)CCN(C)C)CC=C(C)CC1. The summed E-state index contributed by atoms with van der Waals surface area (Å²) in [4.78, 5) is 2.31. The van der Waals surface area contributed by atoms with Gasteiger partial charge in [-0.05, 0) is 71.0 Å². The van der Waals surface area contributed by atoms with Crippen LogP contribution in [0.2, 0.25) is 0 Å². The Balaban J connectivity index is 2.59. The summed E-state index contributed by atoms with van der Waals surface area (Å²) in [5.41, 5.74) is 2.19. The quantitative estimate of drug-likeness (QED) is 0.634. The highest BCUT2D eigenvalue weighted by atomic mass is 15.0. The maximum Gasteiger partial charge on any atom is -0.00221 e. The summed E-state index contributed by atoms with van der Waals surface area (Å²) in [5.74, 6) is 0.851. The molecule has 0 radical (unpaired) electrons. The van der Waals surface area contributed by atoms with Gasteiger partial charge in [0.1, 0.15) is 0 Å². The van der Waals surface area contributed by atoms with E-state index in [9.17, 15) is 0 Å². The zero-order valence-electron chi connectivity index (χ0n) is 11.8. The van der Waals surface area contributed by atoms with Crippen LogP contribution in [0.3, 0.4) is 0 Å². The largest absolute Gasteiger partial charge is 0.309 e. The van der Waals surface area contributed by atoms with Gasteiger partial charge < -0.3 is 4.90 Å². The number of allylic oxidation sites excluding steroid dienone is 2. The summed E-state index contributed by atoms with van der Waals surface area (Å²) in [5, 5.41) is 0. The molecule has 1 aliphatic carbocycles. The van der Waals surface area contributed by atoms with Crippen molar-refractivity contribution in [3.8, 4) is 0 Å². The van der Waals surface area contributed by atoms with Crippen LogP contribution in [0.15, 0.2) is 11.6 Å². The van der Waals surface area contributed by atoms with E-state index in [1.54, 1.807) is 5.57 Å². The van der Waals surface area contributed by atoms with Gasteiger partial charge in [0.05, 0.1) is 0 Å². The maximum absolute atomic E-state index is 2.49. The number of nitrogens with zero attached hydrogens (tertiary/aromatic N) is 1. The van der Waals surface area contributed by atoms with E-state index in [4.69, 9.17) is 0 Å². The number of hydrogen-bond donors (Lipinski definition) is 0. The first-order valence-electron chi connectivity index (χ1n) is 6.80. The summed E-state index contributed by atoms with van der Waals surface area (Å²) in [6.07, 6.45) is 9.20. The zero-order chi connectivity index (χ0) is 12.2. The van der Waals surface area contributed by atoms with Crippen molar-refractivity contribution in [3.63, 3.8) is 0 Å². The molecule has 0 N–H and O–H groups in total. The van der Waals surface area contributed by atoms with Crippen molar-refractivity contribution in [1.82, 2.24) is 4.90 Å². The second-order valence-corrected chi connectivity index (χ2v) is 5.96. The Kier molecular flexibility index (Phi) is 5.04. The van der Waals surface area contributed by atoms with E-state index in [2.05, 4.69) is 45.8 Å². The summed E-state index contributed by atoms with van der Waals surface area (Å²) in [7, 11) is 4.35. The fourth-order valence-corrected chi connectivity index (χ4v) is 2.90. The molecule has 1 aliphatic rings. The van der Waals surface area contributed by atoms with Crippen LogP contribution in [-0.2, 0) is 0 Å². The molecule has 1 rings (SSSR count). The minimum absolute atomic E-state index is 0.593. The van der Waals surface area contributed by atoms with Crippen molar-refractivity contribution in [1.29, 1.82) is 0 Å². The van der Waals surface area contributed by atoms with Crippen LogP contribution in [0.4, 0.5) is 0 Å². The average molecular weight is 223 g/mol. The Labute approximate surface area is 102 Å². The van der Waals surface area contributed by atoms with Crippen LogP contribution >= 0.6 is 0 Å². The molecule has 0 aromatic carbocycles. The van der Waals surface area contributed by atoms with Crippen molar-refractivity contribution >= 4 is 0 Å². The molecule has 0 saturated heterocycles. The lowest BCUT2D eigenvalue weighted by Gasteiger charge is -2.41. The fraction of sp³-hybridized carbons (Fsp3) is 0.867. The molecule has 0 bridgehead atoms. The van der Waals surface area contributed by atoms with Gasteiger partial charge in [0.25, 0.3) is 0 Å². The normalized spacial score (nSPS) is 28.0. The molecule has 0 aromatic heterocycles. The minimum atomic E-state index is 0.593. The van der Waals surface area contributed by atoms with E-state index >= 15 is 0 Å². The number of rotatable bonds is 5. The Morgan fingerprint density at radius 1 is 1.44 bits per heavy atom. The standard InChI is InChI=1S/C15H29N/c1-6-15(10-7-13(2)8-11-15)14(3)9-12-16(4)5/h7,14H,6,8-12H2,1-5H3. The van der Waals surface area contributed by atoms with Crippen LogP contribution in [0, 0.1) is 11.3 Å². The molecule has 94 valence electrons. The van der Waals surface area contributed by atoms with Gasteiger partial charge in [0.2, 0.25) is 0 Å². The van der Waals surface area contributed by atoms with Gasteiger partial charge in [0, 0.05) is 0 Å². The molecule has 0 aromatic rings. The third kappa shape index (κ3) is 3.35. The van der Waals surface area contributed by atoms with E-state index in [1.165, 1.54) is 38.6 Å². The van der Waals surface area contributed by atoms with Crippen LogP contribution in [0.25, 0.3) is 0 Å². The molecule has 2 atom stereocenters. The predicted octanol–water partition coefficient (Wildman–Crippen LogP) is 4.10. The second kappa shape index (κ2) is 5.86. The summed E-state index contributed by atoms with van der Waals surface area (Å²) >= 11 is 0. The third-order valence-corrected chi connectivity index (χ3v) is 4.63. The molecule has 0 heterocycles. The van der Waals surface area contributed by atoms with Crippen molar-refractivity contribution in [2.45, 2.75) is 52.9 Å². The lowest BCUT2D eigenvalue weighted by Crippen LogP contribution is -2.32. The maximum atomic E-state index is 2.49. The summed E-state index contributed by atoms with van der Waals surface area (Å²) in [6, 6.07) is 0. The van der Waals surface area contributed by atoms with Crippen LogP contribution < -0.4 is 0 Å². The highest BCUT2D eigenvalue weighted by Crippen LogP contribution is 2.45. The van der Waals surface area contributed by atoms with Crippen LogP contribution in [0.5, 0.6) is 0 Å². The summed E-state index contributed by atoms with van der Waals surface area (Å²) < 4.78 is 0. The van der Waals surface area contributed by atoms with E-state index in [0.29, 0.717) is 5.41 Å². The second-order valence-electron chi connectivity index (χ2n) is 5.96. The van der Waals surface area contributed by atoms with Crippen LogP contribution in [0.1, 0.15) is 52.9 Å². The van der Waals surface area contributed by atoms with Gasteiger partial charge in [-0.2, -0.15) is 0 Å². The Morgan fingerprint density at radius 3 is 2.56 bits per heavy atom. The van der Waals surface area contributed by atoms with Gasteiger partial charge in [0.15, 0.2) is 0 Å². The lowest BCUT2D eigenvalue weighted by atomic mass is 9.65. The number of hydrogen-bond acceptors (Lipinski definition) is 1. The van der Waals surface area contributed by atoms with E-state index < -0.39 is 0 Å². The smallest absolute Gasteiger partial charge is 0.00221 e. The molecule has 2 unspecified atom stereocenters. The van der Waals surface area contributed by atoms with Gasteiger partial charge >= 0.3 is 0 Å². The third-order valence-electron chi connectivity index (χ3n) is 4.63. The highest BCUT2D eigenvalue weighted by molar-refractivity contribution is 5.07. The molecular weight excluding hydrogens is 194 g/mol. The molecular formula is C15H29N. The van der Waals surface area contributed by atoms with Crippen molar-refractivity contribution in [2.75, 3.05) is 20.6 Å². The molecule has 0 fully saturated rings. The van der Waals surface area contributed by atoms with E-state index in [1.807, 2.05) is 0 Å². The Hall–Kier alpha value is -0.300. The molecule has 1 nitrogen and oxygen atoms in total. The van der Waals surface area contributed by atoms with E-state index in [0.717, 1.165) is 5.92 Å². The summed E-state index contributed by atoms with van der Waals surface area (Å²) in [6.45, 7) is 8.35. The van der Waals surface area contributed by atoms with Gasteiger partial charge in [-0.15, -0.1) is 0 Å².